The Hall–Kier alpha value is -2.75. The van der Waals surface area contributed by atoms with Gasteiger partial charge in [-0.2, -0.15) is 13.2 Å². The molecule has 0 amide bonds. The monoisotopic (exact) mass is 363 g/mol. The van der Waals surface area contributed by atoms with Crippen LogP contribution in [-0.4, -0.2) is 48.6 Å². The normalized spacial score (nSPS) is 14.9. The first-order valence-electron chi connectivity index (χ1n) is 8.20. The van der Waals surface area contributed by atoms with Gasteiger partial charge in [-0.3, -0.25) is 4.98 Å². The van der Waals surface area contributed by atoms with Gasteiger partial charge >= 0.3 is 6.18 Å². The summed E-state index contributed by atoms with van der Waals surface area (Å²) in [6.07, 6.45) is -0.419. The number of pyridine rings is 1. The van der Waals surface area contributed by atoms with Crippen molar-refractivity contribution >= 4 is 0 Å². The summed E-state index contributed by atoms with van der Waals surface area (Å²) >= 11 is 0. The molecule has 10 heteroatoms. The minimum atomic E-state index is -4.41. The average molecular weight is 363 g/mol. The van der Waals surface area contributed by atoms with Crippen LogP contribution < -0.4 is 5.32 Å². The predicted octanol–water partition coefficient (Wildman–Crippen LogP) is 1.91. The topological polar surface area (TPSA) is 73.5 Å². The molecule has 1 N–H and O–H groups in total. The maximum Gasteiger partial charge on any atom is 0.408 e. The van der Waals surface area contributed by atoms with Gasteiger partial charge in [0, 0.05) is 38.4 Å². The molecule has 0 saturated heterocycles. The number of nitrogens with zero attached hydrogens (tertiary/aromatic N) is 6. The number of aromatic nitrogens is 6. The summed E-state index contributed by atoms with van der Waals surface area (Å²) in [6, 6.07) is 5.11. The third kappa shape index (κ3) is 3.45. The lowest BCUT2D eigenvalue weighted by atomic mass is 10.3. The number of hydrogen-bond donors (Lipinski definition) is 1. The van der Waals surface area contributed by atoms with Gasteiger partial charge in [0.15, 0.2) is 11.6 Å². The van der Waals surface area contributed by atoms with Crippen molar-refractivity contribution in [1.82, 2.24) is 34.6 Å². The molecule has 3 aromatic heterocycles. The maximum atomic E-state index is 13.0. The minimum absolute atomic E-state index is 0.0940. The van der Waals surface area contributed by atoms with Crippen molar-refractivity contribution in [1.29, 1.82) is 0 Å². The van der Waals surface area contributed by atoms with Gasteiger partial charge in [0.05, 0.1) is 0 Å². The highest BCUT2D eigenvalue weighted by Gasteiger charge is 2.31. The second-order valence-corrected chi connectivity index (χ2v) is 5.98. The summed E-state index contributed by atoms with van der Waals surface area (Å²) in [6.45, 7) is 1.05. The number of halogens is 3. The average Bonchev–Trinajstić information content (AvgIpc) is 3.12. The summed E-state index contributed by atoms with van der Waals surface area (Å²) < 4.78 is 41.8. The smallest absolute Gasteiger partial charge is 0.333 e. The van der Waals surface area contributed by atoms with Crippen molar-refractivity contribution in [2.45, 2.75) is 25.7 Å². The summed E-state index contributed by atoms with van der Waals surface area (Å²) in [5, 5.41) is 7.28. The molecule has 4 rings (SSSR count). The van der Waals surface area contributed by atoms with Gasteiger partial charge in [-0.25, -0.2) is 14.6 Å². The van der Waals surface area contributed by atoms with Crippen molar-refractivity contribution in [3.63, 3.8) is 0 Å². The number of hydrogen-bond acceptors (Lipinski definition) is 5. The van der Waals surface area contributed by atoms with E-state index >= 15 is 0 Å². The largest absolute Gasteiger partial charge is 0.408 e. The molecule has 136 valence electrons. The fourth-order valence-electron chi connectivity index (χ4n) is 2.89. The Kier molecular flexibility index (Phi) is 4.19. The van der Waals surface area contributed by atoms with E-state index in [4.69, 9.17) is 0 Å². The van der Waals surface area contributed by atoms with Gasteiger partial charge in [0.2, 0.25) is 0 Å². The Labute approximate surface area is 146 Å². The molecule has 3 aromatic rings. The Balaban J connectivity index is 1.77. The first-order valence-corrected chi connectivity index (χ1v) is 8.20. The third-order valence-electron chi connectivity index (χ3n) is 4.04. The molecule has 0 unspecified atom stereocenters. The van der Waals surface area contributed by atoms with Crippen LogP contribution in [0.5, 0.6) is 0 Å². The highest BCUT2D eigenvalue weighted by molar-refractivity contribution is 5.56. The van der Waals surface area contributed by atoms with E-state index in [0.29, 0.717) is 24.4 Å². The zero-order valence-electron chi connectivity index (χ0n) is 13.7. The molecular formula is C16H16F3N7. The lowest BCUT2D eigenvalue weighted by Crippen LogP contribution is -2.19. The Bertz CT molecular complexity index is 875. The fraction of sp³-hybridized carbons (Fsp3) is 0.375. The number of alkyl halides is 3. The van der Waals surface area contributed by atoms with Gasteiger partial charge < -0.3 is 9.88 Å². The van der Waals surface area contributed by atoms with Gasteiger partial charge in [0.1, 0.15) is 23.8 Å². The molecule has 0 fully saturated rings. The number of nitrogens with one attached hydrogen (secondary N) is 1. The van der Waals surface area contributed by atoms with Crippen molar-refractivity contribution in [3.05, 3.63) is 36.4 Å². The molecule has 1 aliphatic heterocycles. The van der Waals surface area contributed by atoms with Crippen LogP contribution in [-0.2, 0) is 19.5 Å². The molecule has 0 radical (unpaired) electrons. The Morgan fingerprint density at radius 2 is 2.00 bits per heavy atom. The highest BCUT2D eigenvalue weighted by Crippen LogP contribution is 2.25. The van der Waals surface area contributed by atoms with E-state index in [1.54, 1.807) is 30.6 Å². The van der Waals surface area contributed by atoms with E-state index in [9.17, 15) is 13.2 Å². The molecule has 1 aliphatic rings. The molecular weight excluding hydrogens is 347 g/mol. The van der Waals surface area contributed by atoms with Gasteiger partial charge in [-0.15, -0.1) is 5.10 Å². The minimum Gasteiger partial charge on any atom is -0.333 e. The zero-order valence-corrected chi connectivity index (χ0v) is 13.7. The highest BCUT2D eigenvalue weighted by atomic mass is 19.4. The van der Waals surface area contributed by atoms with E-state index in [2.05, 4.69) is 25.4 Å². The van der Waals surface area contributed by atoms with Crippen LogP contribution >= 0.6 is 0 Å². The molecule has 0 atom stereocenters. The first-order chi connectivity index (χ1) is 12.5. The summed E-state index contributed by atoms with van der Waals surface area (Å²) in [5.41, 5.74) is 0.806. The second-order valence-electron chi connectivity index (χ2n) is 5.98. The van der Waals surface area contributed by atoms with Crippen LogP contribution in [0.4, 0.5) is 13.2 Å². The number of rotatable bonds is 3. The summed E-state index contributed by atoms with van der Waals surface area (Å²) in [4.78, 5) is 12.9. The van der Waals surface area contributed by atoms with E-state index < -0.39 is 12.7 Å². The van der Waals surface area contributed by atoms with Crippen molar-refractivity contribution < 1.29 is 13.2 Å². The van der Waals surface area contributed by atoms with Crippen molar-refractivity contribution in [3.8, 4) is 23.0 Å². The summed E-state index contributed by atoms with van der Waals surface area (Å²) in [7, 11) is 0. The zero-order chi connectivity index (χ0) is 18.1. The standard InChI is InChI=1S/C16H16F3N7/c17-16(18,19)10-26-15(23-14(24-26)11-3-1-2-5-21-11)12-9-25-8-7-20-6-4-13(25)22-12/h1-3,5,9,20H,4,6-8,10H2. The van der Waals surface area contributed by atoms with Crippen LogP contribution in [0.15, 0.2) is 30.6 Å². The second kappa shape index (κ2) is 6.52. The lowest BCUT2D eigenvalue weighted by molar-refractivity contribution is -0.142. The number of fused-ring (bicyclic) bond motifs is 1. The Morgan fingerprint density at radius 3 is 2.77 bits per heavy atom. The van der Waals surface area contributed by atoms with Crippen LogP contribution in [0.2, 0.25) is 0 Å². The summed E-state index contributed by atoms with van der Waals surface area (Å²) in [5.74, 6) is 1.07. The SMILES string of the molecule is FC(F)(F)Cn1nc(-c2ccccn2)nc1-c1cn2c(n1)CCNCC2. The lowest BCUT2D eigenvalue weighted by Gasteiger charge is -2.07. The molecule has 7 nitrogen and oxygen atoms in total. The fourth-order valence-corrected chi connectivity index (χ4v) is 2.89. The molecule has 0 spiro atoms. The molecule has 0 bridgehead atoms. The molecule has 0 aliphatic carbocycles. The quantitative estimate of drug-likeness (QED) is 0.770. The van der Waals surface area contributed by atoms with E-state index in [1.807, 2.05) is 4.57 Å². The molecule has 0 aromatic carbocycles. The predicted molar refractivity (Wildman–Crippen MR) is 87.1 cm³/mol. The van der Waals surface area contributed by atoms with Crippen molar-refractivity contribution in [2.24, 2.45) is 0 Å². The van der Waals surface area contributed by atoms with E-state index in [0.717, 1.165) is 23.6 Å². The van der Waals surface area contributed by atoms with Crippen LogP contribution in [0.1, 0.15) is 5.82 Å². The maximum absolute atomic E-state index is 13.0. The Morgan fingerprint density at radius 1 is 1.12 bits per heavy atom. The van der Waals surface area contributed by atoms with Crippen LogP contribution in [0.3, 0.4) is 0 Å². The van der Waals surface area contributed by atoms with Crippen LogP contribution in [0, 0.1) is 0 Å². The third-order valence-corrected chi connectivity index (χ3v) is 4.04. The molecule has 26 heavy (non-hydrogen) atoms. The van der Waals surface area contributed by atoms with Gasteiger partial charge in [-0.1, -0.05) is 6.07 Å². The van der Waals surface area contributed by atoms with E-state index in [1.165, 1.54) is 0 Å². The van der Waals surface area contributed by atoms with Gasteiger partial charge in [-0.05, 0) is 12.1 Å². The molecule has 4 heterocycles. The van der Waals surface area contributed by atoms with Crippen molar-refractivity contribution in [2.75, 3.05) is 13.1 Å². The molecule has 0 saturated carbocycles. The first kappa shape index (κ1) is 16.7. The van der Waals surface area contributed by atoms with E-state index in [-0.39, 0.29) is 11.6 Å². The van der Waals surface area contributed by atoms with Crippen LogP contribution in [0.25, 0.3) is 23.0 Å². The number of imidazole rings is 1. The van der Waals surface area contributed by atoms with Gasteiger partial charge in [0.25, 0.3) is 0 Å².